The molecule has 5 heteroatoms. The topological polar surface area (TPSA) is 37.3 Å². The van der Waals surface area contributed by atoms with Crippen LogP contribution in [0.2, 0.25) is 10.0 Å². The van der Waals surface area contributed by atoms with E-state index in [-0.39, 0.29) is 20.7 Å². The molecule has 0 amide bonds. The molecular weight excluding hydrogens is 302 g/mol. The molecule has 100 valence electrons. The Morgan fingerprint density at radius 1 is 0.895 bits per heavy atom. The molecule has 0 heterocycles. The highest BCUT2D eigenvalue weighted by atomic mass is 35.5. The van der Waals surface area contributed by atoms with Gasteiger partial charge in [0.1, 0.15) is 0 Å². The largest absolute Gasteiger partial charge is 0.338 e. The molecule has 0 aromatic heterocycles. The van der Waals surface area contributed by atoms with Crippen LogP contribution in [0.3, 0.4) is 0 Å². The van der Waals surface area contributed by atoms with Crippen LogP contribution in [0.4, 0.5) is 0 Å². The van der Waals surface area contributed by atoms with Crippen LogP contribution >= 0.6 is 30.6 Å². The standard InChI is InChI=1S/C14H13Cl2O2P/c1-9-3-5-13(11(15)7-9)19(17,18)14-6-4-10(2)8-12(14)16/h3-8H,1-2H3,(H,17,18). The Morgan fingerprint density at radius 2 is 1.26 bits per heavy atom. The fourth-order valence-electron chi connectivity index (χ4n) is 1.85. The van der Waals surface area contributed by atoms with Crippen LogP contribution in [0.5, 0.6) is 0 Å². The van der Waals surface area contributed by atoms with Crippen molar-refractivity contribution in [1.82, 2.24) is 0 Å². The monoisotopic (exact) mass is 314 g/mol. The van der Waals surface area contributed by atoms with E-state index in [9.17, 15) is 9.46 Å². The molecule has 1 N–H and O–H groups in total. The van der Waals surface area contributed by atoms with Crippen molar-refractivity contribution in [2.45, 2.75) is 13.8 Å². The summed E-state index contributed by atoms with van der Waals surface area (Å²) in [7, 11) is -3.78. The molecule has 19 heavy (non-hydrogen) atoms. The fourth-order valence-corrected chi connectivity index (χ4v) is 4.52. The van der Waals surface area contributed by atoms with E-state index in [4.69, 9.17) is 23.2 Å². The molecule has 2 rings (SSSR count). The van der Waals surface area contributed by atoms with Gasteiger partial charge >= 0.3 is 0 Å². The van der Waals surface area contributed by atoms with Crippen molar-refractivity contribution in [2.75, 3.05) is 0 Å². The van der Waals surface area contributed by atoms with Crippen LogP contribution in [-0.4, -0.2) is 4.89 Å². The number of halogens is 2. The van der Waals surface area contributed by atoms with Gasteiger partial charge in [0, 0.05) is 0 Å². The van der Waals surface area contributed by atoms with E-state index < -0.39 is 7.37 Å². The molecule has 0 atom stereocenters. The lowest BCUT2D eigenvalue weighted by Gasteiger charge is -2.15. The van der Waals surface area contributed by atoms with Crippen LogP contribution < -0.4 is 10.6 Å². The van der Waals surface area contributed by atoms with Crippen molar-refractivity contribution in [1.29, 1.82) is 0 Å². The van der Waals surface area contributed by atoms with Crippen LogP contribution in [0, 0.1) is 13.8 Å². The van der Waals surface area contributed by atoms with Crippen molar-refractivity contribution in [3.63, 3.8) is 0 Å². The van der Waals surface area contributed by atoms with Gasteiger partial charge in [0.2, 0.25) is 0 Å². The first-order valence-electron chi connectivity index (χ1n) is 5.68. The smallest absolute Gasteiger partial charge is 0.261 e. The number of rotatable bonds is 2. The predicted octanol–water partition coefficient (Wildman–Crippen LogP) is 3.83. The van der Waals surface area contributed by atoms with Gasteiger partial charge in [0.25, 0.3) is 7.37 Å². The Bertz CT molecular complexity index is 628. The summed E-state index contributed by atoms with van der Waals surface area (Å²) in [6, 6.07) is 10.0. The Balaban J connectivity index is 2.61. The van der Waals surface area contributed by atoms with E-state index in [0.717, 1.165) is 11.1 Å². The van der Waals surface area contributed by atoms with Gasteiger partial charge in [-0.25, -0.2) is 0 Å². The van der Waals surface area contributed by atoms with Gasteiger partial charge in [-0.1, -0.05) is 35.3 Å². The maximum Gasteiger partial charge on any atom is 0.261 e. The average molecular weight is 315 g/mol. The fraction of sp³-hybridized carbons (Fsp3) is 0.143. The highest BCUT2D eigenvalue weighted by Gasteiger charge is 2.29. The molecule has 0 fully saturated rings. The minimum absolute atomic E-state index is 0.213. The molecule has 0 radical (unpaired) electrons. The van der Waals surface area contributed by atoms with Crippen molar-refractivity contribution in [3.05, 3.63) is 57.6 Å². The molecule has 0 unspecified atom stereocenters. The molecule has 2 nitrogen and oxygen atoms in total. The molecule has 0 aliphatic carbocycles. The predicted molar refractivity (Wildman–Crippen MR) is 81.5 cm³/mol. The number of hydrogen-bond donors (Lipinski definition) is 1. The first-order valence-corrected chi connectivity index (χ1v) is 8.10. The number of aryl methyl sites for hydroxylation is 2. The summed E-state index contributed by atoms with van der Waals surface area (Å²) in [6.45, 7) is 3.74. The van der Waals surface area contributed by atoms with E-state index in [1.54, 1.807) is 36.4 Å². The maximum absolute atomic E-state index is 12.7. The second-order valence-corrected chi connectivity index (χ2v) is 7.42. The van der Waals surface area contributed by atoms with Gasteiger partial charge in [-0.2, -0.15) is 0 Å². The van der Waals surface area contributed by atoms with E-state index in [0.29, 0.717) is 0 Å². The van der Waals surface area contributed by atoms with Crippen molar-refractivity contribution >= 4 is 41.2 Å². The zero-order valence-electron chi connectivity index (χ0n) is 10.5. The zero-order valence-corrected chi connectivity index (χ0v) is 12.9. The molecule has 0 aliphatic heterocycles. The molecule has 2 aromatic rings. The molecule has 0 aliphatic rings. The lowest BCUT2D eigenvalue weighted by molar-refractivity contribution is 0.501. The average Bonchev–Trinajstić information content (AvgIpc) is 2.27. The van der Waals surface area contributed by atoms with E-state index in [2.05, 4.69) is 0 Å². The third-order valence-corrected chi connectivity index (χ3v) is 5.83. The molecule has 2 aromatic carbocycles. The highest BCUT2D eigenvalue weighted by Crippen LogP contribution is 2.42. The third kappa shape index (κ3) is 2.88. The zero-order chi connectivity index (χ0) is 14.2. The van der Waals surface area contributed by atoms with Crippen LogP contribution in [0.25, 0.3) is 0 Å². The molecule has 0 bridgehead atoms. The summed E-state index contributed by atoms with van der Waals surface area (Å²) in [5.74, 6) is 0. The second kappa shape index (κ2) is 5.30. The Morgan fingerprint density at radius 3 is 1.58 bits per heavy atom. The summed E-state index contributed by atoms with van der Waals surface area (Å²) in [6.07, 6.45) is 0. The first kappa shape index (κ1) is 14.6. The lowest BCUT2D eigenvalue weighted by atomic mass is 10.2. The maximum atomic E-state index is 12.7. The second-order valence-electron chi connectivity index (χ2n) is 4.49. The lowest BCUT2D eigenvalue weighted by Crippen LogP contribution is -2.17. The van der Waals surface area contributed by atoms with Gasteiger partial charge in [-0.15, -0.1) is 0 Å². The van der Waals surface area contributed by atoms with Crippen LogP contribution in [0.1, 0.15) is 11.1 Å². The minimum Gasteiger partial charge on any atom is -0.338 e. The van der Waals surface area contributed by atoms with Gasteiger partial charge in [0.15, 0.2) is 0 Å². The van der Waals surface area contributed by atoms with E-state index in [1.807, 2.05) is 13.8 Å². The summed E-state index contributed by atoms with van der Waals surface area (Å²) < 4.78 is 12.7. The molecule has 0 spiro atoms. The summed E-state index contributed by atoms with van der Waals surface area (Å²) in [5, 5.41) is 0.987. The Kier molecular flexibility index (Phi) is 4.08. The van der Waals surface area contributed by atoms with Gasteiger partial charge in [-0.05, 0) is 49.2 Å². The minimum atomic E-state index is -3.78. The highest BCUT2D eigenvalue weighted by molar-refractivity contribution is 7.74. The SMILES string of the molecule is Cc1ccc(P(=O)(O)c2ccc(C)cc2Cl)c(Cl)c1. The molecular formula is C14H13Cl2O2P. The molecule has 0 saturated heterocycles. The first-order chi connectivity index (χ1) is 8.82. The molecule has 0 saturated carbocycles. The quantitative estimate of drug-likeness (QED) is 0.855. The normalized spacial score (nSPS) is 11.6. The van der Waals surface area contributed by atoms with Crippen molar-refractivity contribution in [2.24, 2.45) is 0 Å². The van der Waals surface area contributed by atoms with Gasteiger partial charge in [0.05, 0.1) is 20.7 Å². The van der Waals surface area contributed by atoms with Gasteiger partial charge in [-0.3, -0.25) is 4.57 Å². The van der Waals surface area contributed by atoms with Crippen molar-refractivity contribution < 1.29 is 9.46 Å². The van der Waals surface area contributed by atoms with E-state index >= 15 is 0 Å². The summed E-state index contributed by atoms with van der Waals surface area (Å²) in [5.41, 5.74) is 1.87. The van der Waals surface area contributed by atoms with Crippen LogP contribution in [-0.2, 0) is 4.57 Å². The summed E-state index contributed by atoms with van der Waals surface area (Å²) in [4.78, 5) is 10.4. The Labute approximate surface area is 122 Å². The number of benzene rings is 2. The Hall–Kier alpha value is -0.790. The number of hydrogen-bond acceptors (Lipinski definition) is 1. The van der Waals surface area contributed by atoms with Crippen LogP contribution in [0.15, 0.2) is 36.4 Å². The van der Waals surface area contributed by atoms with E-state index in [1.165, 1.54) is 0 Å². The van der Waals surface area contributed by atoms with Crippen molar-refractivity contribution in [3.8, 4) is 0 Å². The summed E-state index contributed by atoms with van der Waals surface area (Å²) >= 11 is 12.1. The third-order valence-electron chi connectivity index (χ3n) is 2.86. The van der Waals surface area contributed by atoms with Gasteiger partial charge < -0.3 is 4.89 Å².